The molecule has 1 heterocycles. The Morgan fingerprint density at radius 3 is 3.06 bits per heavy atom. The van der Waals surface area contributed by atoms with E-state index in [9.17, 15) is 4.79 Å². The van der Waals surface area contributed by atoms with Crippen LogP contribution in [0.15, 0.2) is 12.3 Å². The number of aromatic nitrogens is 2. The molecule has 0 spiro atoms. The number of carbonyl (C=O) groups is 1. The minimum Gasteiger partial charge on any atom is -0.480 e. The molecule has 16 heavy (non-hydrogen) atoms. The van der Waals surface area contributed by atoms with Crippen molar-refractivity contribution in [3.8, 4) is 18.4 Å². The highest BCUT2D eigenvalue weighted by Crippen LogP contribution is 2.10. The normalized spacial score (nSPS) is 10.9. The first-order valence-corrected chi connectivity index (χ1v) is 4.33. The lowest BCUT2D eigenvalue weighted by molar-refractivity contribution is -0.137. The van der Waals surface area contributed by atoms with E-state index in [4.69, 9.17) is 16.8 Å². The molecular weight excluding hydrogens is 208 g/mol. The van der Waals surface area contributed by atoms with Crippen molar-refractivity contribution in [1.29, 1.82) is 5.26 Å². The van der Waals surface area contributed by atoms with Crippen LogP contribution in [0, 0.1) is 23.7 Å². The molecule has 0 radical (unpaired) electrons. The van der Waals surface area contributed by atoms with Gasteiger partial charge in [0, 0.05) is 6.42 Å². The molecule has 1 aromatic heterocycles. The zero-order valence-corrected chi connectivity index (χ0v) is 8.21. The molecule has 6 heteroatoms. The fourth-order valence-electron chi connectivity index (χ4n) is 1.01. The summed E-state index contributed by atoms with van der Waals surface area (Å²) in [4.78, 5) is 10.8. The molecule has 2 N–H and O–H groups in total. The van der Waals surface area contributed by atoms with E-state index in [0.717, 1.165) is 0 Å². The number of anilines is 1. The van der Waals surface area contributed by atoms with Gasteiger partial charge < -0.3 is 10.4 Å². The molecule has 0 saturated carbocycles. The molecule has 0 saturated heterocycles. The van der Waals surface area contributed by atoms with Crippen LogP contribution in [0.25, 0.3) is 0 Å². The summed E-state index contributed by atoms with van der Waals surface area (Å²) in [5.74, 6) is 1.25. The first-order chi connectivity index (χ1) is 7.69. The van der Waals surface area contributed by atoms with Gasteiger partial charge in [0.05, 0.1) is 11.8 Å². The quantitative estimate of drug-likeness (QED) is 0.699. The van der Waals surface area contributed by atoms with Crippen LogP contribution in [-0.2, 0) is 4.79 Å². The molecule has 0 aliphatic rings. The second kappa shape index (κ2) is 5.32. The average molecular weight is 216 g/mol. The first kappa shape index (κ1) is 11.5. The summed E-state index contributed by atoms with van der Waals surface area (Å²) in [5.41, 5.74) is 0.221. The van der Waals surface area contributed by atoms with Gasteiger partial charge >= 0.3 is 5.97 Å². The Bertz CT molecular complexity index is 472. The summed E-state index contributed by atoms with van der Waals surface area (Å²) in [6.07, 6.45) is 6.38. The van der Waals surface area contributed by atoms with Gasteiger partial charge in [-0.05, 0) is 6.07 Å². The first-order valence-electron chi connectivity index (χ1n) is 4.33. The molecule has 80 valence electrons. The molecular formula is C10H8N4O2. The van der Waals surface area contributed by atoms with Crippen molar-refractivity contribution in [2.45, 2.75) is 12.5 Å². The van der Waals surface area contributed by atoms with Gasteiger partial charge in [-0.2, -0.15) is 10.4 Å². The maximum atomic E-state index is 10.8. The molecule has 1 unspecified atom stereocenters. The van der Waals surface area contributed by atoms with Crippen LogP contribution in [0.4, 0.5) is 5.82 Å². The molecule has 6 nitrogen and oxygen atoms in total. The van der Waals surface area contributed by atoms with Crippen molar-refractivity contribution in [2.24, 2.45) is 0 Å². The zero-order valence-electron chi connectivity index (χ0n) is 8.21. The number of nitrogens with zero attached hydrogens (tertiary/aromatic N) is 3. The minimum absolute atomic E-state index is 0.00320. The smallest absolute Gasteiger partial charge is 0.327 e. The number of carboxylic acids is 1. The Hall–Kier alpha value is -2.60. The number of terminal acetylenes is 1. The topological polar surface area (TPSA) is 98.9 Å². The SMILES string of the molecule is C#CCC(Nc1nnccc1C#N)C(=O)O. The van der Waals surface area contributed by atoms with E-state index in [1.807, 2.05) is 6.07 Å². The molecule has 1 atom stereocenters. The van der Waals surface area contributed by atoms with Gasteiger partial charge in [0.15, 0.2) is 5.82 Å². The largest absolute Gasteiger partial charge is 0.480 e. The summed E-state index contributed by atoms with van der Waals surface area (Å²) in [6, 6.07) is 2.33. The highest BCUT2D eigenvalue weighted by atomic mass is 16.4. The molecule has 0 aromatic carbocycles. The van der Waals surface area contributed by atoms with Crippen LogP contribution >= 0.6 is 0 Å². The average Bonchev–Trinajstić information content (AvgIpc) is 2.29. The number of carboxylic acid groups (broad SMARTS) is 1. The molecule has 0 bridgehead atoms. The van der Waals surface area contributed by atoms with E-state index in [1.165, 1.54) is 12.3 Å². The molecule has 1 rings (SSSR count). The van der Waals surface area contributed by atoms with Crippen molar-refractivity contribution in [2.75, 3.05) is 5.32 Å². The Morgan fingerprint density at radius 1 is 1.75 bits per heavy atom. The third kappa shape index (κ3) is 2.69. The fourth-order valence-corrected chi connectivity index (χ4v) is 1.01. The second-order valence-corrected chi connectivity index (χ2v) is 2.85. The predicted octanol–water partition coefficient (Wildman–Crippen LogP) is 0.237. The number of aliphatic carboxylic acids is 1. The lowest BCUT2D eigenvalue weighted by Gasteiger charge is -2.12. The zero-order chi connectivity index (χ0) is 12.0. The van der Waals surface area contributed by atoms with Crippen LogP contribution in [-0.4, -0.2) is 27.3 Å². The summed E-state index contributed by atoms with van der Waals surface area (Å²) < 4.78 is 0. The van der Waals surface area contributed by atoms with E-state index in [2.05, 4.69) is 21.4 Å². The lowest BCUT2D eigenvalue weighted by atomic mass is 10.2. The lowest BCUT2D eigenvalue weighted by Crippen LogP contribution is -2.29. The Labute approximate surface area is 91.9 Å². The monoisotopic (exact) mass is 216 g/mol. The van der Waals surface area contributed by atoms with Crippen molar-refractivity contribution < 1.29 is 9.90 Å². The van der Waals surface area contributed by atoms with Gasteiger partial charge in [0.2, 0.25) is 0 Å². The minimum atomic E-state index is -1.10. The summed E-state index contributed by atoms with van der Waals surface area (Å²) >= 11 is 0. The Balaban J connectivity index is 2.90. The van der Waals surface area contributed by atoms with Crippen molar-refractivity contribution >= 4 is 11.8 Å². The molecule has 0 aliphatic heterocycles. The van der Waals surface area contributed by atoms with E-state index in [0.29, 0.717) is 0 Å². The molecule has 0 amide bonds. The van der Waals surface area contributed by atoms with E-state index >= 15 is 0 Å². The molecule has 0 fully saturated rings. The Kier molecular flexibility index (Phi) is 3.82. The predicted molar refractivity (Wildman–Crippen MR) is 55.2 cm³/mol. The van der Waals surface area contributed by atoms with Crippen LogP contribution in [0.2, 0.25) is 0 Å². The fraction of sp³-hybridized carbons (Fsp3) is 0.200. The van der Waals surface area contributed by atoms with Gasteiger partial charge in [-0.3, -0.25) is 0 Å². The number of hydrogen-bond acceptors (Lipinski definition) is 5. The van der Waals surface area contributed by atoms with Crippen LogP contribution < -0.4 is 5.32 Å². The van der Waals surface area contributed by atoms with Gasteiger partial charge in [0.25, 0.3) is 0 Å². The van der Waals surface area contributed by atoms with Crippen LogP contribution in [0.3, 0.4) is 0 Å². The summed E-state index contributed by atoms with van der Waals surface area (Å²) in [5, 5.41) is 27.4. The van der Waals surface area contributed by atoms with Gasteiger partial charge in [0.1, 0.15) is 12.1 Å². The third-order valence-corrected chi connectivity index (χ3v) is 1.77. The van der Waals surface area contributed by atoms with Crippen molar-refractivity contribution in [3.05, 3.63) is 17.8 Å². The highest BCUT2D eigenvalue weighted by molar-refractivity contribution is 5.77. The van der Waals surface area contributed by atoms with Crippen LogP contribution in [0.5, 0.6) is 0 Å². The third-order valence-electron chi connectivity index (χ3n) is 1.77. The molecule has 0 aliphatic carbocycles. The van der Waals surface area contributed by atoms with Crippen molar-refractivity contribution in [3.63, 3.8) is 0 Å². The Morgan fingerprint density at radius 2 is 2.50 bits per heavy atom. The number of hydrogen-bond donors (Lipinski definition) is 2. The highest BCUT2D eigenvalue weighted by Gasteiger charge is 2.18. The second-order valence-electron chi connectivity index (χ2n) is 2.85. The maximum absolute atomic E-state index is 10.8. The molecule has 1 aromatic rings. The number of nitriles is 1. The van der Waals surface area contributed by atoms with Gasteiger partial charge in [-0.15, -0.1) is 17.4 Å². The van der Waals surface area contributed by atoms with Crippen molar-refractivity contribution in [1.82, 2.24) is 10.2 Å². The maximum Gasteiger partial charge on any atom is 0.327 e. The van der Waals surface area contributed by atoms with Gasteiger partial charge in [-0.1, -0.05) is 0 Å². The van der Waals surface area contributed by atoms with E-state index < -0.39 is 12.0 Å². The van der Waals surface area contributed by atoms with E-state index in [-0.39, 0.29) is 17.8 Å². The number of rotatable bonds is 4. The van der Waals surface area contributed by atoms with E-state index in [1.54, 1.807) is 0 Å². The van der Waals surface area contributed by atoms with Crippen LogP contribution in [0.1, 0.15) is 12.0 Å². The summed E-state index contributed by atoms with van der Waals surface area (Å²) in [6.45, 7) is 0. The number of nitrogens with one attached hydrogen (secondary N) is 1. The summed E-state index contributed by atoms with van der Waals surface area (Å²) in [7, 11) is 0. The van der Waals surface area contributed by atoms with Gasteiger partial charge in [-0.25, -0.2) is 4.79 Å². The standard InChI is InChI=1S/C10H8N4O2/c1-2-3-8(10(15)16)13-9-7(6-11)4-5-12-14-9/h1,4-5,8H,3H2,(H,13,14)(H,15,16).